The van der Waals surface area contributed by atoms with Gasteiger partial charge in [0.2, 0.25) is 10.0 Å². The quantitative estimate of drug-likeness (QED) is 0.423. The molecule has 0 saturated carbocycles. The maximum atomic E-state index is 13.6. The third-order valence-corrected chi connectivity index (χ3v) is 9.16. The summed E-state index contributed by atoms with van der Waals surface area (Å²) in [5.74, 6) is 0.785. The van der Waals surface area contributed by atoms with E-state index in [-0.39, 0.29) is 12.5 Å². The van der Waals surface area contributed by atoms with Gasteiger partial charge in [0, 0.05) is 17.8 Å². The van der Waals surface area contributed by atoms with E-state index < -0.39 is 27.3 Å². The van der Waals surface area contributed by atoms with Gasteiger partial charge in [-0.2, -0.15) is 0 Å². The maximum absolute atomic E-state index is 13.6. The van der Waals surface area contributed by atoms with Crippen molar-refractivity contribution in [1.29, 1.82) is 0 Å². The predicted molar refractivity (Wildman–Crippen MR) is 148 cm³/mol. The van der Waals surface area contributed by atoms with E-state index in [1.807, 2.05) is 30.3 Å². The first kappa shape index (κ1) is 26.3. The zero-order chi connectivity index (χ0) is 27.7. The molecule has 0 spiro atoms. The lowest BCUT2D eigenvalue weighted by atomic mass is 10.1. The molecule has 2 aliphatic heterocycles. The molecule has 9 nitrogen and oxygen atoms in total. The van der Waals surface area contributed by atoms with Gasteiger partial charge >= 0.3 is 6.03 Å². The van der Waals surface area contributed by atoms with Crippen molar-refractivity contribution >= 4 is 27.6 Å². The van der Waals surface area contributed by atoms with Crippen molar-refractivity contribution < 1.29 is 27.5 Å². The molecule has 1 saturated heterocycles. The van der Waals surface area contributed by atoms with Crippen LogP contribution in [0.3, 0.4) is 0 Å². The van der Waals surface area contributed by atoms with Gasteiger partial charge in [0.25, 0.3) is 5.91 Å². The molecule has 1 fully saturated rings. The summed E-state index contributed by atoms with van der Waals surface area (Å²) in [6.07, 6.45) is 1.90. The van der Waals surface area contributed by atoms with Crippen LogP contribution in [0.2, 0.25) is 0 Å². The van der Waals surface area contributed by atoms with Gasteiger partial charge in [-0.25, -0.2) is 17.5 Å². The van der Waals surface area contributed by atoms with Crippen LogP contribution in [0.25, 0.3) is 0 Å². The molecule has 1 N–H and O–H groups in total. The van der Waals surface area contributed by atoms with Crippen molar-refractivity contribution in [2.45, 2.75) is 17.7 Å². The molecular weight excluding hydrogens is 518 g/mol. The molecular formula is C29H29N3O6S. The Morgan fingerprint density at radius 3 is 2.49 bits per heavy atom. The minimum Gasteiger partial charge on any atom is -0.493 e. The second-order valence-electron chi connectivity index (χ2n) is 9.31. The average molecular weight is 548 g/mol. The number of sulfonamides is 1. The van der Waals surface area contributed by atoms with E-state index in [0.29, 0.717) is 41.3 Å². The summed E-state index contributed by atoms with van der Waals surface area (Å²) in [6.45, 7) is 4.20. The van der Waals surface area contributed by atoms with E-state index >= 15 is 0 Å². The van der Waals surface area contributed by atoms with Gasteiger partial charge < -0.3 is 19.7 Å². The lowest BCUT2D eigenvalue weighted by molar-refractivity contribution is 0.0989. The number of methoxy groups -OCH3 is 2. The normalized spacial score (nSPS) is 17.4. The number of benzene rings is 3. The third kappa shape index (κ3) is 4.72. The lowest BCUT2D eigenvalue weighted by Gasteiger charge is -2.23. The van der Waals surface area contributed by atoms with Crippen LogP contribution < -0.4 is 19.7 Å². The highest BCUT2D eigenvalue weighted by Crippen LogP contribution is 2.37. The largest absolute Gasteiger partial charge is 0.493 e. The Kier molecular flexibility index (Phi) is 7.05. The molecule has 0 radical (unpaired) electrons. The van der Waals surface area contributed by atoms with Crippen LogP contribution in [0.4, 0.5) is 10.5 Å². The molecule has 10 heteroatoms. The zero-order valence-corrected chi connectivity index (χ0v) is 22.5. The number of anilines is 1. The Hall–Kier alpha value is -4.31. The summed E-state index contributed by atoms with van der Waals surface area (Å²) < 4.78 is 38.7. The summed E-state index contributed by atoms with van der Waals surface area (Å²) in [7, 11) is -1.06. The SMILES string of the molecule is C=CC(c1ccc2c(c1)CCN2C(=O)c1ccc(OC)c(OC)c1)S(=O)(=O)N1CC(c2ccccc2)NC1=O. The van der Waals surface area contributed by atoms with E-state index in [0.717, 1.165) is 15.4 Å². The number of urea groups is 1. The summed E-state index contributed by atoms with van der Waals surface area (Å²) in [5, 5.41) is 1.63. The van der Waals surface area contributed by atoms with Crippen molar-refractivity contribution in [2.24, 2.45) is 0 Å². The average Bonchev–Trinajstić information content (AvgIpc) is 3.56. The summed E-state index contributed by atoms with van der Waals surface area (Å²) >= 11 is 0. The fourth-order valence-corrected chi connectivity index (χ4v) is 6.76. The highest BCUT2D eigenvalue weighted by molar-refractivity contribution is 7.90. The molecule has 39 heavy (non-hydrogen) atoms. The van der Waals surface area contributed by atoms with Gasteiger partial charge in [-0.3, -0.25) is 4.79 Å². The number of nitrogens with zero attached hydrogens (tertiary/aromatic N) is 2. The molecule has 2 atom stereocenters. The Morgan fingerprint density at radius 2 is 1.79 bits per heavy atom. The first-order valence-corrected chi connectivity index (χ1v) is 13.9. The molecule has 3 aromatic carbocycles. The topological polar surface area (TPSA) is 105 Å². The number of hydrogen-bond donors (Lipinski definition) is 1. The predicted octanol–water partition coefficient (Wildman–Crippen LogP) is 4.23. The summed E-state index contributed by atoms with van der Waals surface area (Å²) in [4.78, 5) is 27.7. The minimum atomic E-state index is -4.10. The number of fused-ring (bicyclic) bond motifs is 1. The minimum absolute atomic E-state index is 0.00589. The van der Waals surface area contributed by atoms with Crippen molar-refractivity contribution in [2.75, 3.05) is 32.2 Å². The van der Waals surface area contributed by atoms with Crippen molar-refractivity contribution in [3.8, 4) is 11.5 Å². The standard InChI is InChI=1S/C29H29N3O6S/c1-4-27(39(35,36)32-18-23(30-29(32)34)19-8-6-5-7-9-19)21-10-12-24-20(16-21)14-15-31(24)28(33)22-11-13-25(37-2)26(17-22)38-3/h4-13,16-17,23,27H,1,14-15,18H2,2-3H3,(H,30,34). The van der Waals surface area contributed by atoms with E-state index in [2.05, 4.69) is 11.9 Å². The van der Waals surface area contributed by atoms with Crippen LogP contribution in [0, 0.1) is 0 Å². The Morgan fingerprint density at radius 1 is 1.05 bits per heavy atom. The number of nitrogens with one attached hydrogen (secondary N) is 1. The fourth-order valence-electron chi connectivity index (χ4n) is 5.11. The maximum Gasteiger partial charge on any atom is 0.331 e. The van der Waals surface area contributed by atoms with Gasteiger partial charge in [0.1, 0.15) is 5.25 Å². The van der Waals surface area contributed by atoms with E-state index in [9.17, 15) is 18.0 Å². The molecule has 0 aliphatic carbocycles. The van der Waals surface area contributed by atoms with Crippen LogP contribution in [0.15, 0.2) is 79.4 Å². The monoisotopic (exact) mass is 547 g/mol. The molecule has 3 aromatic rings. The van der Waals surface area contributed by atoms with Gasteiger partial charge in [0.15, 0.2) is 11.5 Å². The third-order valence-electron chi connectivity index (χ3n) is 7.12. The number of hydrogen-bond acceptors (Lipinski definition) is 6. The van der Waals surface area contributed by atoms with Gasteiger partial charge in [-0.1, -0.05) is 48.5 Å². The van der Waals surface area contributed by atoms with Crippen LogP contribution in [-0.4, -0.2) is 52.0 Å². The number of carbonyl (C=O) groups is 2. The number of ether oxygens (including phenoxy) is 2. The van der Waals surface area contributed by atoms with Crippen LogP contribution in [-0.2, 0) is 16.4 Å². The smallest absolute Gasteiger partial charge is 0.331 e. The van der Waals surface area contributed by atoms with Crippen molar-refractivity contribution in [3.63, 3.8) is 0 Å². The zero-order valence-electron chi connectivity index (χ0n) is 21.7. The van der Waals surface area contributed by atoms with Crippen LogP contribution in [0.1, 0.15) is 38.3 Å². The van der Waals surface area contributed by atoms with Gasteiger partial charge in [-0.05, 0) is 47.4 Å². The van der Waals surface area contributed by atoms with E-state index in [4.69, 9.17) is 9.47 Å². The van der Waals surface area contributed by atoms with E-state index in [1.54, 1.807) is 41.3 Å². The highest BCUT2D eigenvalue weighted by Gasteiger charge is 2.42. The molecule has 2 aliphatic rings. The fraction of sp³-hybridized carbons (Fsp3) is 0.241. The number of amides is 3. The van der Waals surface area contributed by atoms with Gasteiger partial charge in [0.05, 0.1) is 26.8 Å². The molecule has 0 aromatic heterocycles. The first-order valence-electron chi connectivity index (χ1n) is 12.4. The second-order valence-corrected chi connectivity index (χ2v) is 11.3. The molecule has 2 unspecified atom stereocenters. The Bertz CT molecular complexity index is 1540. The van der Waals surface area contributed by atoms with Crippen molar-refractivity contribution in [1.82, 2.24) is 9.62 Å². The first-order chi connectivity index (χ1) is 18.8. The number of carbonyl (C=O) groups excluding carboxylic acids is 2. The molecule has 2 heterocycles. The second kappa shape index (κ2) is 10.5. The van der Waals surface area contributed by atoms with Crippen LogP contribution in [0.5, 0.6) is 11.5 Å². The van der Waals surface area contributed by atoms with Crippen LogP contribution >= 0.6 is 0 Å². The Balaban J connectivity index is 1.39. The molecule has 202 valence electrons. The number of rotatable bonds is 8. The van der Waals surface area contributed by atoms with E-state index in [1.165, 1.54) is 20.3 Å². The molecule has 0 bridgehead atoms. The van der Waals surface area contributed by atoms with Crippen molar-refractivity contribution in [3.05, 3.63) is 102 Å². The molecule has 5 rings (SSSR count). The highest BCUT2D eigenvalue weighted by atomic mass is 32.2. The van der Waals surface area contributed by atoms with Gasteiger partial charge in [-0.15, -0.1) is 6.58 Å². The lowest BCUT2D eigenvalue weighted by Crippen LogP contribution is -2.37. The summed E-state index contributed by atoms with van der Waals surface area (Å²) in [6, 6.07) is 18.3. The summed E-state index contributed by atoms with van der Waals surface area (Å²) in [5.41, 5.74) is 3.32. The molecule has 3 amide bonds. The Labute approximate surface area is 227 Å².